The molecule has 0 radical (unpaired) electrons. The van der Waals surface area contributed by atoms with Crippen LogP contribution in [0.3, 0.4) is 0 Å². The third-order valence-corrected chi connectivity index (χ3v) is 4.82. The summed E-state index contributed by atoms with van der Waals surface area (Å²) >= 11 is 0. The molecule has 1 amide bonds. The van der Waals surface area contributed by atoms with Gasteiger partial charge in [0.1, 0.15) is 12.4 Å². The van der Waals surface area contributed by atoms with Gasteiger partial charge in [-0.3, -0.25) is 4.79 Å². The lowest BCUT2D eigenvalue weighted by Crippen LogP contribution is -2.49. The van der Waals surface area contributed by atoms with Crippen LogP contribution >= 0.6 is 12.4 Å². The summed E-state index contributed by atoms with van der Waals surface area (Å²) in [6.45, 7) is 3.62. The molecule has 6 nitrogen and oxygen atoms in total. The van der Waals surface area contributed by atoms with Gasteiger partial charge in [-0.2, -0.15) is 0 Å². The summed E-state index contributed by atoms with van der Waals surface area (Å²) in [7, 11) is 1.60. The third kappa shape index (κ3) is 4.96. The number of hydrogen-bond acceptors (Lipinski definition) is 5. The number of carbonyl (C=O) groups is 1. The maximum absolute atomic E-state index is 12.8. The Morgan fingerprint density at radius 3 is 2.70 bits per heavy atom. The molecular weight excluding hydrogens is 368 g/mol. The van der Waals surface area contributed by atoms with Gasteiger partial charge in [-0.1, -0.05) is 19.1 Å². The monoisotopic (exact) mass is 394 g/mol. The zero-order chi connectivity index (χ0) is 18.5. The molecule has 0 saturated carbocycles. The number of likely N-dealkylation sites (tertiary alicyclic amines) is 1. The Balaban J connectivity index is 0.00000261. The summed E-state index contributed by atoms with van der Waals surface area (Å²) in [6, 6.07) is 11.0. The predicted molar refractivity (Wildman–Crippen MR) is 106 cm³/mol. The largest absolute Gasteiger partial charge is 0.493 e. The van der Waals surface area contributed by atoms with Gasteiger partial charge in [-0.15, -0.1) is 12.4 Å². The lowest BCUT2D eigenvalue weighted by atomic mass is 9.92. The number of rotatable bonds is 6. The van der Waals surface area contributed by atoms with E-state index in [0.29, 0.717) is 35.5 Å². The molecule has 1 aromatic carbocycles. The molecule has 1 aliphatic heterocycles. The Labute approximate surface area is 166 Å². The first-order chi connectivity index (χ1) is 12.6. The minimum atomic E-state index is -0.101. The lowest BCUT2D eigenvalue weighted by molar-refractivity contribution is 0.0538. The van der Waals surface area contributed by atoms with E-state index in [2.05, 4.69) is 6.92 Å². The second kappa shape index (κ2) is 9.67. The highest BCUT2D eigenvalue weighted by Crippen LogP contribution is 2.27. The molecule has 1 fully saturated rings. The molecule has 0 spiro atoms. The highest BCUT2D eigenvalue weighted by atomic mass is 35.5. The first kappa shape index (κ1) is 21.1. The van der Waals surface area contributed by atoms with Gasteiger partial charge in [0, 0.05) is 19.1 Å². The van der Waals surface area contributed by atoms with Crippen molar-refractivity contribution in [1.29, 1.82) is 0 Å². The molecule has 7 heteroatoms. The SMILES string of the molecule is COc1ccccc1OCc1ccc(C(=O)N2CCC(C)CC2CN)o1.Cl. The van der Waals surface area contributed by atoms with Crippen LogP contribution in [-0.2, 0) is 6.61 Å². The number of piperidine rings is 1. The summed E-state index contributed by atoms with van der Waals surface area (Å²) in [4.78, 5) is 14.6. The van der Waals surface area contributed by atoms with E-state index in [-0.39, 0.29) is 31.0 Å². The minimum Gasteiger partial charge on any atom is -0.493 e. The van der Waals surface area contributed by atoms with E-state index in [1.807, 2.05) is 29.2 Å². The average Bonchev–Trinajstić information content (AvgIpc) is 3.15. The van der Waals surface area contributed by atoms with Crippen molar-refractivity contribution >= 4 is 18.3 Å². The van der Waals surface area contributed by atoms with Crippen molar-refractivity contribution in [1.82, 2.24) is 4.90 Å². The van der Waals surface area contributed by atoms with Crippen LogP contribution < -0.4 is 15.2 Å². The van der Waals surface area contributed by atoms with E-state index in [1.165, 1.54) is 0 Å². The molecule has 0 bridgehead atoms. The smallest absolute Gasteiger partial charge is 0.289 e. The van der Waals surface area contributed by atoms with E-state index >= 15 is 0 Å². The number of benzene rings is 1. The van der Waals surface area contributed by atoms with Crippen LogP contribution in [-0.4, -0.2) is 37.0 Å². The number of ether oxygens (including phenoxy) is 2. The molecular formula is C20H27ClN2O4. The van der Waals surface area contributed by atoms with Crippen LogP contribution in [0.1, 0.15) is 36.1 Å². The van der Waals surface area contributed by atoms with E-state index in [4.69, 9.17) is 19.6 Å². The predicted octanol–water partition coefficient (Wildman–Crippen LogP) is 3.49. The molecule has 2 N–H and O–H groups in total. The van der Waals surface area contributed by atoms with E-state index in [0.717, 1.165) is 19.4 Å². The summed E-state index contributed by atoms with van der Waals surface area (Å²) in [5, 5.41) is 0. The maximum Gasteiger partial charge on any atom is 0.289 e. The quantitative estimate of drug-likeness (QED) is 0.811. The van der Waals surface area contributed by atoms with Gasteiger partial charge < -0.3 is 24.5 Å². The van der Waals surface area contributed by atoms with Crippen molar-refractivity contribution in [2.45, 2.75) is 32.4 Å². The molecule has 2 aromatic rings. The number of nitrogens with zero attached hydrogens (tertiary/aromatic N) is 1. The number of methoxy groups -OCH3 is 1. The number of halogens is 1. The Morgan fingerprint density at radius 1 is 1.26 bits per heavy atom. The summed E-state index contributed by atoms with van der Waals surface area (Å²) in [5.41, 5.74) is 5.86. The van der Waals surface area contributed by atoms with Crippen LogP contribution in [0.4, 0.5) is 0 Å². The van der Waals surface area contributed by atoms with Gasteiger partial charge in [0.2, 0.25) is 0 Å². The molecule has 3 rings (SSSR count). The van der Waals surface area contributed by atoms with Crippen LogP contribution in [0, 0.1) is 5.92 Å². The van der Waals surface area contributed by atoms with Gasteiger partial charge in [0.05, 0.1) is 7.11 Å². The summed E-state index contributed by atoms with van der Waals surface area (Å²) < 4.78 is 16.7. The zero-order valence-electron chi connectivity index (χ0n) is 15.7. The normalized spacial score (nSPS) is 19.3. The highest BCUT2D eigenvalue weighted by Gasteiger charge is 2.31. The van der Waals surface area contributed by atoms with Gasteiger partial charge in [0.15, 0.2) is 17.3 Å². The second-order valence-corrected chi connectivity index (χ2v) is 6.72. The van der Waals surface area contributed by atoms with E-state index < -0.39 is 0 Å². The molecule has 148 valence electrons. The van der Waals surface area contributed by atoms with Crippen molar-refractivity contribution in [2.24, 2.45) is 11.7 Å². The van der Waals surface area contributed by atoms with Crippen molar-refractivity contribution in [3.63, 3.8) is 0 Å². The standard InChI is InChI=1S/C20H26N2O4.ClH/c1-14-9-10-22(15(11-14)12-21)20(23)19-8-7-16(26-19)13-25-18-6-4-3-5-17(18)24-2;/h3-8,14-15H,9-13,21H2,1-2H3;1H. The van der Waals surface area contributed by atoms with Crippen molar-refractivity contribution < 1.29 is 18.7 Å². The first-order valence-electron chi connectivity index (χ1n) is 8.98. The van der Waals surface area contributed by atoms with Gasteiger partial charge in [-0.25, -0.2) is 0 Å². The molecule has 2 atom stereocenters. The Morgan fingerprint density at radius 2 is 2.00 bits per heavy atom. The minimum absolute atomic E-state index is 0. The number of para-hydroxylation sites is 2. The molecule has 1 saturated heterocycles. The number of furan rings is 1. The number of carbonyl (C=O) groups excluding carboxylic acids is 1. The Bertz CT molecular complexity index is 749. The maximum atomic E-state index is 12.8. The Hall–Kier alpha value is -2.18. The molecule has 0 aliphatic carbocycles. The lowest BCUT2D eigenvalue weighted by Gasteiger charge is -2.37. The van der Waals surface area contributed by atoms with Gasteiger partial charge in [0.25, 0.3) is 5.91 Å². The van der Waals surface area contributed by atoms with Gasteiger partial charge >= 0.3 is 0 Å². The van der Waals surface area contributed by atoms with Crippen LogP contribution in [0.2, 0.25) is 0 Å². The fraction of sp³-hybridized carbons (Fsp3) is 0.450. The van der Waals surface area contributed by atoms with Crippen molar-refractivity contribution in [2.75, 3.05) is 20.2 Å². The van der Waals surface area contributed by atoms with Crippen LogP contribution in [0.5, 0.6) is 11.5 Å². The topological polar surface area (TPSA) is 77.9 Å². The molecule has 1 aliphatic rings. The van der Waals surface area contributed by atoms with Gasteiger partial charge in [-0.05, 0) is 43.0 Å². The zero-order valence-corrected chi connectivity index (χ0v) is 16.5. The fourth-order valence-corrected chi connectivity index (χ4v) is 3.34. The molecule has 2 unspecified atom stereocenters. The first-order valence-corrected chi connectivity index (χ1v) is 8.98. The Kier molecular flexibility index (Phi) is 7.56. The third-order valence-electron chi connectivity index (χ3n) is 4.82. The second-order valence-electron chi connectivity index (χ2n) is 6.72. The average molecular weight is 395 g/mol. The highest BCUT2D eigenvalue weighted by molar-refractivity contribution is 5.91. The van der Waals surface area contributed by atoms with Crippen molar-refractivity contribution in [3.8, 4) is 11.5 Å². The van der Waals surface area contributed by atoms with Crippen LogP contribution in [0.25, 0.3) is 0 Å². The number of nitrogens with two attached hydrogens (primary N) is 1. The van der Waals surface area contributed by atoms with Crippen LogP contribution in [0.15, 0.2) is 40.8 Å². The molecule has 1 aromatic heterocycles. The van der Waals surface area contributed by atoms with Crippen molar-refractivity contribution in [3.05, 3.63) is 47.9 Å². The fourth-order valence-electron chi connectivity index (χ4n) is 3.34. The van der Waals surface area contributed by atoms with E-state index in [9.17, 15) is 4.79 Å². The summed E-state index contributed by atoms with van der Waals surface area (Å²) in [5.74, 6) is 2.70. The summed E-state index contributed by atoms with van der Waals surface area (Å²) in [6.07, 6.45) is 1.93. The molecule has 2 heterocycles. The number of hydrogen-bond donors (Lipinski definition) is 1. The number of amides is 1. The molecule has 27 heavy (non-hydrogen) atoms. The van der Waals surface area contributed by atoms with E-state index in [1.54, 1.807) is 19.2 Å².